The minimum Gasteiger partial charge on any atom is -0.489 e. The minimum atomic E-state index is -0.488. The molecule has 108 valence electrons. The molecule has 1 aliphatic rings. The molecule has 1 aromatic heterocycles. The summed E-state index contributed by atoms with van der Waals surface area (Å²) < 4.78 is 5.60. The fourth-order valence-electron chi connectivity index (χ4n) is 2.27. The highest BCUT2D eigenvalue weighted by molar-refractivity contribution is 7.17. The van der Waals surface area contributed by atoms with E-state index in [2.05, 4.69) is 0 Å². The van der Waals surface area contributed by atoms with Crippen LogP contribution in [-0.4, -0.2) is 23.5 Å². The van der Waals surface area contributed by atoms with E-state index >= 15 is 0 Å². The van der Waals surface area contributed by atoms with Crippen LogP contribution in [0.1, 0.15) is 16.6 Å². The lowest BCUT2D eigenvalue weighted by atomic mass is 10.1. The van der Waals surface area contributed by atoms with E-state index in [9.17, 15) is 14.9 Å². The third kappa shape index (κ3) is 2.36. The van der Waals surface area contributed by atoms with Gasteiger partial charge in [0, 0.05) is 6.07 Å². The van der Waals surface area contributed by atoms with Crippen molar-refractivity contribution < 1.29 is 14.5 Å². The number of nitro groups is 1. The number of para-hydroxylation sites is 2. The van der Waals surface area contributed by atoms with E-state index in [4.69, 9.17) is 4.74 Å². The lowest BCUT2D eigenvalue weighted by Crippen LogP contribution is -2.44. The first-order chi connectivity index (χ1) is 10.1. The number of carbonyl (C=O) groups excluding carboxylic acids is 1. The number of thiophene rings is 1. The second-order valence-electron chi connectivity index (χ2n) is 4.70. The summed E-state index contributed by atoms with van der Waals surface area (Å²) in [5.74, 6) is 0.409. The molecule has 1 atom stereocenters. The number of hydrogen-bond donors (Lipinski definition) is 0. The summed E-state index contributed by atoms with van der Waals surface area (Å²) in [5, 5.41) is 10.7. The van der Waals surface area contributed by atoms with Crippen LogP contribution in [0.5, 0.6) is 5.75 Å². The smallest absolute Gasteiger partial charge is 0.324 e. The maximum atomic E-state index is 12.7. The first-order valence-corrected chi connectivity index (χ1v) is 7.19. The van der Waals surface area contributed by atoms with Gasteiger partial charge in [-0.1, -0.05) is 23.5 Å². The summed E-state index contributed by atoms with van der Waals surface area (Å²) >= 11 is 0.888. The maximum absolute atomic E-state index is 12.7. The Bertz CT molecular complexity index is 713. The maximum Gasteiger partial charge on any atom is 0.324 e. The quantitative estimate of drug-likeness (QED) is 0.631. The number of ether oxygens (including phenoxy) is 1. The second-order valence-corrected chi connectivity index (χ2v) is 5.76. The van der Waals surface area contributed by atoms with Crippen LogP contribution in [0.25, 0.3) is 0 Å². The molecule has 6 nitrogen and oxygen atoms in total. The highest BCUT2D eigenvalue weighted by Crippen LogP contribution is 2.36. The molecule has 2 heterocycles. The standard InChI is InChI=1S/C14H12N2O4S/c1-9-8-20-11-5-3-2-4-10(11)15(9)14(17)12-6-7-13(21-12)16(18)19/h2-7,9H,8H2,1H3. The predicted molar refractivity (Wildman–Crippen MR) is 79.2 cm³/mol. The number of carbonyl (C=O) groups is 1. The Hall–Kier alpha value is -2.41. The van der Waals surface area contributed by atoms with Crippen molar-refractivity contribution in [3.63, 3.8) is 0 Å². The van der Waals surface area contributed by atoms with Crippen LogP contribution in [0.2, 0.25) is 0 Å². The van der Waals surface area contributed by atoms with E-state index in [1.807, 2.05) is 25.1 Å². The molecule has 0 saturated heterocycles. The third-order valence-corrected chi connectivity index (χ3v) is 4.27. The fourth-order valence-corrected chi connectivity index (χ4v) is 3.03. The number of rotatable bonds is 2. The number of fused-ring (bicyclic) bond motifs is 1. The van der Waals surface area contributed by atoms with Gasteiger partial charge < -0.3 is 4.74 Å². The van der Waals surface area contributed by atoms with Crippen molar-refractivity contribution >= 4 is 27.9 Å². The number of amides is 1. The lowest BCUT2D eigenvalue weighted by Gasteiger charge is -2.34. The SMILES string of the molecule is CC1COc2ccccc2N1C(=O)c1ccc([N+](=O)[O-])s1. The summed E-state index contributed by atoms with van der Waals surface area (Å²) in [5.41, 5.74) is 0.692. The monoisotopic (exact) mass is 304 g/mol. The molecule has 1 aliphatic heterocycles. The first-order valence-electron chi connectivity index (χ1n) is 6.37. The number of benzene rings is 1. The molecule has 0 fully saturated rings. The van der Waals surface area contributed by atoms with Crippen LogP contribution >= 0.6 is 11.3 Å². The highest BCUT2D eigenvalue weighted by Gasteiger charge is 2.31. The number of anilines is 1. The van der Waals surface area contributed by atoms with Gasteiger partial charge in [0.2, 0.25) is 0 Å². The Kier molecular flexibility index (Phi) is 3.34. The van der Waals surface area contributed by atoms with E-state index < -0.39 is 4.92 Å². The summed E-state index contributed by atoms with van der Waals surface area (Å²) in [6, 6.07) is 10.0. The van der Waals surface area contributed by atoms with Crippen molar-refractivity contribution in [2.75, 3.05) is 11.5 Å². The molecule has 7 heteroatoms. The third-order valence-electron chi connectivity index (χ3n) is 3.25. The van der Waals surface area contributed by atoms with Crippen molar-refractivity contribution in [3.05, 3.63) is 51.4 Å². The van der Waals surface area contributed by atoms with Gasteiger partial charge in [0.15, 0.2) is 0 Å². The van der Waals surface area contributed by atoms with Gasteiger partial charge >= 0.3 is 5.00 Å². The normalized spacial score (nSPS) is 17.0. The van der Waals surface area contributed by atoms with Crippen LogP contribution in [0.15, 0.2) is 36.4 Å². The van der Waals surface area contributed by atoms with Crippen molar-refractivity contribution in [2.24, 2.45) is 0 Å². The van der Waals surface area contributed by atoms with Gasteiger partial charge in [-0.05, 0) is 25.1 Å². The molecular weight excluding hydrogens is 292 g/mol. The zero-order chi connectivity index (χ0) is 15.0. The molecule has 0 radical (unpaired) electrons. The zero-order valence-corrected chi connectivity index (χ0v) is 12.0. The second kappa shape index (κ2) is 5.17. The van der Waals surface area contributed by atoms with Crippen molar-refractivity contribution in [3.8, 4) is 5.75 Å². The Morgan fingerprint density at radius 2 is 2.14 bits per heavy atom. The van der Waals surface area contributed by atoms with Crippen LogP contribution in [-0.2, 0) is 0 Å². The van der Waals surface area contributed by atoms with E-state index in [-0.39, 0.29) is 17.0 Å². The fraction of sp³-hybridized carbons (Fsp3) is 0.214. The van der Waals surface area contributed by atoms with Gasteiger partial charge in [-0.25, -0.2) is 0 Å². The Morgan fingerprint density at radius 3 is 2.86 bits per heavy atom. The Balaban J connectivity index is 1.98. The molecule has 0 N–H and O–H groups in total. The van der Waals surface area contributed by atoms with Crippen LogP contribution < -0.4 is 9.64 Å². The van der Waals surface area contributed by atoms with Gasteiger partial charge in [0.05, 0.1) is 21.5 Å². The summed E-state index contributed by atoms with van der Waals surface area (Å²) in [6.07, 6.45) is 0. The number of nitrogens with zero attached hydrogens (tertiary/aromatic N) is 2. The van der Waals surface area contributed by atoms with Crippen LogP contribution in [0.4, 0.5) is 10.7 Å². The predicted octanol–water partition coefficient (Wildman–Crippen LogP) is 3.08. The van der Waals surface area contributed by atoms with E-state index in [0.717, 1.165) is 11.3 Å². The Labute approximate surface area is 124 Å². The Morgan fingerprint density at radius 1 is 1.38 bits per heavy atom. The largest absolute Gasteiger partial charge is 0.489 e. The van der Waals surface area contributed by atoms with Crippen molar-refractivity contribution in [1.29, 1.82) is 0 Å². The molecule has 3 rings (SSSR count). The summed E-state index contributed by atoms with van der Waals surface area (Å²) in [4.78, 5) is 24.9. The van der Waals surface area contributed by atoms with E-state index in [1.165, 1.54) is 12.1 Å². The van der Waals surface area contributed by atoms with E-state index in [1.54, 1.807) is 11.0 Å². The van der Waals surface area contributed by atoms with Gasteiger partial charge in [-0.3, -0.25) is 19.8 Å². The summed E-state index contributed by atoms with van der Waals surface area (Å²) in [6.45, 7) is 2.28. The van der Waals surface area contributed by atoms with Gasteiger partial charge in [-0.2, -0.15) is 0 Å². The van der Waals surface area contributed by atoms with E-state index in [0.29, 0.717) is 22.9 Å². The van der Waals surface area contributed by atoms with Crippen molar-refractivity contribution in [2.45, 2.75) is 13.0 Å². The highest BCUT2D eigenvalue weighted by atomic mass is 32.1. The van der Waals surface area contributed by atoms with Crippen LogP contribution in [0, 0.1) is 10.1 Å². The average molecular weight is 304 g/mol. The van der Waals surface area contributed by atoms with Gasteiger partial charge in [0.1, 0.15) is 12.4 Å². The average Bonchev–Trinajstić information content (AvgIpc) is 2.96. The molecule has 21 heavy (non-hydrogen) atoms. The molecule has 0 bridgehead atoms. The van der Waals surface area contributed by atoms with Gasteiger partial charge in [-0.15, -0.1) is 0 Å². The molecule has 0 saturated carbocycles. The molecule has 0 aliphatic carbocycles. The van der Waals surface area contributed by atoms with Crippen LogP contribution in [0.3, 0.4) is 0 Å². The first kappa shape index (κ1) is 13.6. The number of hydrogen-bond acceptors (Lipinski definition) is 5. The molecular formula is C14H12N2O4S. The molecule has 1 aromatic carbocycles. The van der Waals surface area contributed by atoms with Gasteiger partial charge in [0.25, 0.3) is 5.91 Å². The molecule has 1 unspecified atom stereocenters. The minimum absolute atomic E-state index is 0.0347. The molecule has 2 aromatic rings. The zero-order valence-electron chi connectivity index (χ0n) is 11.2. The topological polar surface area (TPSA) is 72.7 Å². The van der Waals surface area contributed by atoms with Crippen molar-refractivity contribution in [1.82, 2.24) is 0 Å². The summed E-state index contributed by atoms with van der Waals surface area (Å²) in [7, 11) is 0. The molecule has 1 amide bonds. The molecule has 0 spiro atoms. The lowest BCUT2D eigenvalue weighted by molar-refractivity contribution is -0.380.